The second-order valence-electron chi connectivity index (χ2n) is 6.41. The number of ether oxygens (including phenoxy) is 1. The molecule has 0 atom stereocenters. The molecular weight excluding hydrogens is 431 g/mol. The molecule has 0 unspecified atom stereocenters. The van der Waals surface area contributed by atoms with E-state index in [9.17, 15) is 4.79 Å². The average Bonchev–Trinajstić information content (AvgIpc) is 3.04. The maximum atomic E-state index is 12.3. The summed E-state index contributed by atoms with van der Waals surface area (Å²) in [6.07, 6.45) is 0. The van der Waals surface area contributed by atoms with E-state index in [1.54, 1.807) is 22.8 Å². The van der Waals surface area contributed by atoms with Crippen molar-refractivity contribution in [1.29, 1.82) is 0 Å². The normalized spacial score (nSPS) is 10.8. The van der Waals surface area contributed by atoms with E-state index in [4.69, 9.17) is 27.9 Å². The predicted molar refractivity (Wildman–Crippen MR) is 117 cm³/mol. The summed E-state index contributed by atoms with van der Waals surface area (Å²) in [5, 5.41) is 12.8. The number of halogens is 2. The van der Waals surface area contributed by atoms with E-state index in [1.807, 2.05) is 39.1 Å². The summed E-state index contributed by atoms with van der Waals surface area (Å²) in [6.45, 7) is 4.18. The maximum Gasteiger partial charge on any atom is 0.234 e. The Labute approximate surface area is 183 Å². The quantitative estimate of drug-likeness (QED) is 0.510. The van der Waals surface area contributed by atoms with Crippen molar-refractivity contribution in [2.24, 2.45) is 7.05 Å². The third-order valence-electron chi connectivity index (χ3n) is 4.39. The van der Waals surface area contributed by atoms with Crippen molar-refractivity contribution in [3.63, 3.8) is 0 Å². The number of carbonyl (C=O) groups excluding carboxylic acids is 1. The first-order valence-electron chi connectivity index (χ1n) is 8.80. The van der Waals surface area contributed by atoms with E-state index in [-0.39, 0.29) is 18.3 Å². The Morgan fingerprint density at radius 3 is 2.79 bits per heavy atom. The summed E-state index contributed by atoms with van der Waals surface area (Å²) in [5.74, 6) is 1.21. The molecule has 0 saturated carbocycles. The number of amides is 1. The van der Waals surface area contributed by atoms with Gasteiger partial charge in [0.2, 0.25) is 5.91 Å². The summed E-state index contributed by atoms with van der Waals surface area (Å²) in [7, 11) is 1.82. The van der Waals surface area contributed by atoms with Crippen LogP contribution in [-0.2, 0) is 18.4 Å². The summed E-state index contributed by atoms with van der Waals surface area (Å²) < 4.78 is 7.48. The van der Waals surface area contributed by atoms with Crippen LogP contribution in [0.4, 0.5) is 5.69 Å². The van der Waals surface area contributed by atoms with Crippen molar-refractivity contribution in [2.45, 2.75) is 25.6 Å². The van der Waals surface area contributed by atoms with Gasteiger partial charge in [0.1, 0.15) is 12.4 Å². The van der Waals surface area contributed by atoms with E-state index >= 15 is 0 Å². The molecule has 9 heteroatoms. The monoisotopic (exact) mass is 450 g/mol. The van der Waals surface area contributed by atoms with Crippen molar-refractivity contribution >= 4 is 46.6 Å². The van der Waals surface area contributed by atoms with Crippen molar-refractivity contribution in [3.05, 3.63) is 63.4 Å². The summed E-state index contributed by atoms with van der Waals surface area (Å²) in [6, 6.07) is 10.8. The van der Waals surface area contributed by atoms with Gasteiger partial charge in [-0.25, -0.2) is 0 Å². The molecule has 0 radical (unpaired) electrons. The van der Waals surface area contributed by atoms with Crippen LogP contribution in [0.5, 0.6) is 5.75 Å². The summed E-state index contributed by atoms with van der Waals surface area (Å²) in [5.41, 5.74) is 3.01. The van der Waals surface area contributed by atoms with Crippen LogP contribution in [0.3, 0.4) is 0 Å². The Balaban J connectivity index is 1.57. The fourth-order valence-corrected chi connectivity index (χ4v) is 3.59. The molecule has 2 aromatic carbocycles. The Hall–Kier alpha value is -2.22. The first-order valence-corrected chi connectivity index (χ1v) is 10.5. The van der Waals surface area contributed by atoms with Crippen LogP contribution in [0.2, 0.25) is 10.0 Å². The minimum absolute atomic E-state index is 0.102. The average molecular weight is 451 g/mol. The number of rotatable bonds is 7. The molecule has 1 heterocycles. The minimum atomic E-state index is -0.102. The Morgan fingerprint density at radius 2 is 2.00 bits per heavy atom. The van der Waals surface area contributed by atoms with Crippen LogP contribution in [0.25, 0.3) is 0 Å². The van der Waals surface area contributed by atoms with Gasteiger partial charge in [-0.05, 0) is 43.2 Å². The van der Waals surface area contributed by atoms with E-state index in [0.29, 0.717) is 26.8 Å². The largest absolute Gasteiger partial charge is 0.484 e. The summed E-state index contributed by atoms with van der Waals surface area (Å²) in [4.78, 5) is 12.3. The van der Waals surface area contributed by atoms with Gasteiger partial charge in [-0.1, -0.05) is 47.1 Å². The van der Waals surface area contributed by atoms with Crippen LogP contribution in [0.1, 0.15) is 17.0 Å². The minimum Gasteiger partial charge on any atom is -0.484 e. The Bertz CT molecular complexity index is 1040. The Kier molecular flexibility index (Phi) is 7.05. The van der Waals surface area contributed by atoms with E-state index in [0.717, 1.165) is 16.8 Å². The SMILES string of the molecule is Cc1cccc(NC(=O)CSc2nnc(COc3cc(Cl)ccc3Cl)n2C)c1C. The number of aromatic nitrogens is 3. The fraction of sp³-hybridized carbons (Fsp3) is 0.250. The van der Waals surface area contributed by atoms with Gasteiger partial charge in [0.05, 0.1) is 10.8 Å². The van der Waals surface area contributed by atoms with E-state index in [1.165, 1.54) is 11.8 Å². The van der Waals surface area contributed by atoms with Gasteiger partial charge in [0.25, 0.3) is 0 Å². The molecule has 0 fully saturated rings. The highest BCUT2D eigenvalue weighted by atomic mass is 35.5. The van der Waals surface area contributed by atoms with Gasteiger partial charge in [0, 0.05) is 23.8 Å². The van der Waals surface area contributed by atoms with Crippen molar-refractivity contribution in [2.75, 3.05) is 11.1 Å². The molecule has 29 heavy (non-hydrogen) atoms. The van der Waals surface area contributed by atoms with E-state index in [2.05, 4.69) is 15.5 Å². The molecule has 152 valence electrons. The van der Waals surface area contributed by atoms with Crippen LogP contribution in [-0.4, -0.2) is 26.4 Å². The highest BCUT2D eigenvalue weighted by Crippen LogP contribution is 2.28. The zero-order chi connectivity index (χ0) is 21.0. The molecular formula is C20H20Cl2N4O2S. The molecule has 0 aliphatic rings. The molecule has 0 aliphatic heterocycles. The second kappa shape index (κ2) is 9.52. The number of hydrogen-bond acceptors (Lipinski definition) is 5. The number of carbonyl (C=O) groups is 1. The zero-order valence-corrected chi connectivity index (χ0v) is 18.5. The lowest BCUT2D eigenvalue weighted by Gasteiger charge is -2.10. The topological polar surface area (TPSA) is 69.0 Å². The van der Waals surface area contributed by atoms with Gasteiger partial charge in [-0.2, -0.15) is 0 Å². The van der Waals surface area contributed by atoms with Gasteiger partial charge in [0.15, 0.2) is 11.0 Å². The van der Waals surface area contributed by atoms with Gasteiger partial charge in [-0.3, -0.25) is 4.79 Å². The van der Waals surface area contributed by atoms with Crippen LogP contribution in [0, 0.1) is 13.8 Å². The van der Waals surface area contributed by atoms with Crippen molar-refractivity contribution in [1.82, 2.24) is 14.8 Å². The molecule has 3 rings (SSSR count). The van der Waals surface area contributed by atoms with Crippen molar-refractivity contribution in [3.8, 4) is 5.75 Å². The standard InChI is InChI=1S/C20H20Cl2N4O2S/c1-12-5-4-6-16(13(12)2)23-19(27)11-29-20-25-24-18(26(20)3)10-28-17-9-14(21)7-8-15(17)22/h4-9H,10-11H2,1-3H3,(H,23,27). The first-order chi connectivity index (χ1) is 13.8. The molecule has 6 nitrogen and oxygen atoms in total. The lowest BCUT2D eigenvalue weighted by Crippen LogP contribution is -2.15. The molecule has 0 bridgehead atoms. The molecule has 1 amide bonds. The van der Waals surface area contributed by atoms with E-state index < -0.39 is 0 Å². The third kappa shape index (κ3) is 5.44. The van der Waals surface area contributed by atoms with Gasteiger partial charge in [-0.15, -0.1) is 10.2 Å². The van der Waals surface area contributed by atoms with Gasteiger partial charge >= 0.3 is 0 Å². The lowest BCUT2D eigenvalue weighted by atomic mass is 10.1. The molecule has 0 aliphatic carbocycles. The molecule has 1 aromatic heterocycles. The predicted octanol–water partition coefficient (Wildman–Crippen LogP) is 5.05. The smallest absolute Gasteiger partial charge is 0.234 e. The van der Waals surface area contributed by atoms with Crippen molar-refractivity contribution < 1.29 is 9.53 Å². The highest BCUT2D eigenvalue weighted by Gasteiger charge is 2.13. The van der Waals surface area contributed by atoms with Crippen LogP contribution >= 0.6 is 35.0 Å². The molecule has 0 saturated heterocycles. The molecule has 3 aromatic rings. The number of benzene rings is 2. The molecule has 0 spiro atoms. The van der Waals surface area contributed by atoms with Crippen LogP contribution < -0.4 is 10.1 Å². The maximum absolute atomic E-state index is 12.3. The number of hydrogen-bond donors (Lipinski definition) is 1. The lowest BCUT2D eigenvalue weighted by molar-refractivity contribution is -0.113. The second-order valence-corrected chi connectivity index (χ2v) is 8.19. The number of nitrogens with zero attached hydrogens (tertiary/aromatic N) is 3. The Morgan fingerprint density at radius 1 is 1.21 bits per heavy atom. The highest BCUT2D eigenvalue weighted by molar-refractivity contribution is 7.99. The van der Waals surface area contributed by atoms with Gasteiger partial charge < -0.3 is 14.6 Å². The zero-order valence-electron chi connectivity index (χ0n) is 16.2. The number of nitrogens with one attached hydrogen (secondary N) is 1. The number of thioether (sulfide) groups is 1. The van der Waals surface area contributed by atoms with Crippen LogP contribution in [0.15, 0.2) is 41.6 Å². The summed E-state index contributed by atoms with van der Waals surface area (Å²) >= 11 is 13.4. The number of aryl methyl sites for hydroxylation is 1. The third-order valence-corrected chi connectivity index (χ3v) is 5.95. The first kappa shape index (κ1) is 21.5. The fourth-order valence-electron chi connectivity index (χ4n) is 2.53. The number of anilines is 1. The molecule has 1 N–H and O–H groups in total.